The lowest BCUT2D eigenvalue weighted by Crippen LogP contribution is -2.36. The van der Waals surface area contributed by atoms with E-state index in [0.29, 0.717) is 30.7 Å². The van der Waals surface area contributed by atoms with E-state index in [9.17, 15) is 0 Å². The molecular formula is C11H19ClN4O2. The summed E-state index contributed by atoms with van der Waals surface area (Å²) in [6.07, 6.45) is 2.62. The van der Waals surface area contributed by atoms with Crippen molar-refractivity contribution < 1.29 is 9.47 Å². The summed E-state index contributed by atoms with van der Waals surface area (Å²) in [6, 6.07) is -0.0423. The predicted octanol–water partition coefficient (Wildman–Crippen LogP) is 0.724. The molecule has 0 radical (unpaired) electrons. The minimum absolute atomic E-state index is 0.0423. The van der Waals surface area contributed by atoms with E-state index in [0.717, 1.165) is 18.7 Å². The Hall–Kier alpha value is -0.660. The second kappa shape index (κ2) is 6.49. The van der Waals surface area contributed by atoms with Crippen LogP contribution in [0.1, 0.15) is 18.2 Å². The molecule has 0 amide bonds. The molecule has 2 atom stereocenters. The number of hydrogen-bond acceptors (Lipinski definition) is 5. The molecule has 1 fully saturated rings. The topological polar surface area (TPSA) is 74.3 Å². The molecule has 1 aromatic heterocycles. The molecule has 6 nitrogen and oxygen atoms in total. The van der Waals surface area contributed by atoms with Crippen LogP contribution in [0.2, 0.25) is 5.02 Å². The van der Waals surface area contributed by atoms with Gasteiger partial charge in [-0.15, -0.1) is 0 Å². The summed E-state index contributed by atoms with van der Waals surface area (Å²) in [5, 5.41) is 4.89. The zero-order valence-electron chi connectivity index (χ0n) is 10.4. The maximum absolute atomic E-state index is 6.22. The van der Waals surface area contributed by atoms with Gasteiger partial charge in [0.05, 0.1) is 42.7 Å². The largest absolute Gasteiger partial charge is 0.383 e. The highest BCUT2D eigenvalue weighted by molar-refractivity contribution is 6.31. The first-order valence-electron chi connectivity index (χ1n) is 6.02. The van der Waals surface area contributed by atoms with Gasteiger partial charge in [0.2, 0.25) is 0 Å². The third kappa shape index (κ3) is 2.84. The average Bonchev–Trinajstić information content (AvgIpc) is 3.00. The lowest BCUT2D eigenvalue weighted by atomic mass is 9.96. The number of ether oxygens (including phenoxy) is 2. The fraction of sp³-hybridized carbons (Fsp3) is 0.727. The number of hydrazine groups is 1. The first-order valence-corrected chi connectivity index (χ1v) is 6.39. The molecule has 0 aromatic carbocycles. The van der Waals surface area contributed by atoms with Crippen molar-refractivity contribution in [1.29, 1.82) is 0 Å². The molecular weight excluding hydrogens is 256 g/mol. The summed E-state index contributed by atoms with van der Waals surface area (Å²) < 4.78 is 12.3. The van der Waals surface area contributed by atoms with Crippen LogP contribution >= 0.6 is 11.6 Å². The number of hydrogen-bond donors (Lipinski definition) is 2. The Labute approximate surface area is 111 Å². The number of rotatable bonds is 6. The van der Waals surface area contributed by atoms with Crippen LogP contribution < -0.4 is 11.3 Å². The quantitative estimate of drug-likeness (QED) is 0.591. The minimum Gasteiger partial charge on any atom is -0.383 e. The molecule has 18 heavy (non-hydrogen) atoms. The van der Waals surface area contributed by atoms with Crippen molar-refractivity contribution in [2.75, 3.05) is 26.9 Å². The molecule has 2 rings (SSSR count). The van der Waals surface area contributed by atoms with Crippen molar-refractivity contribution in [3.8, 4) is 0 Å². The van der Waals surface area contributed by atoms with Gasteiger partial charge >= 0.3 is 0 Å². The highest BCUT2D eigenvalue weighted by atomic mass is 35.5. The van der Waals surface area contributed by atoms with E-state index >= 15 is 0 Å². The van der Waals surface area contributed by atoms with E-state index < -0.39 is 0 Å². The van der Waals surface area contributed by atoms with Gasteiger partial charge in [-0.25, -0.2) is 0 Å². The predicted molar refractivity (Wildman–Crippen MR) is 68.1 cm³/mol. The lowest BCUT2D eigenvalue weighted by Gasteiger charge is -2.23. The number of aromatic nitrogens is 2. The fourth-order valence-electron chi connectivity index (χ4n) is 2.29. The standard InChI is InChI=1S/C11H19ClN4O2/c1-17-5-3-16-11(9(12)6-14-16)10(15-13)8-2-4-18-7-8/h6,8,10,15H,2-5,7,13H2,1H3. The van der Waals surface area contributed by atoms with Gasteiger partial charge in [0.15, 0.2) is 0 Å². The summed E-state index contributed by atoms with van der Waals surface area (Å²) >= 11 is 6.22. The van der Waals surface area contributed by atoms with Crippen LogP contribution in [0.3, 0.4) is 0 Å². The van der Waals surface area contributed by atoms with E-state index in [2.05, 4.69) is 10.5 Å². The van der Waals surface area contributed by atoms with Crippen molar-refractivity contribution in [3.63, 3.8) is 0 Å². The van der Waals surface area contributed by atoms with Crippen LogP contribution in [0, 0.1) is 5.92 Å². The van der Waals surface area contributed by atoms with E-state index in [1.165, 1.54) is 0 Å². The fourth-order valence-corrected chi connectivity index (χ4v) is 2.55. The van der Waals surface area contributed by atoms with Gasteiger partial charge < -0.3 is 9.47 Å². The Morgan fingerprint density at radius 1 is 1.78 bits per heavy atom. The van der Waals surface area contributed by atoms with Gasteiger partial charge in [0, 0.05) is 19.6 Å². The third-order valence-corrected chi connectivity index (χ3v) is 3.54. The Morgan fingerprint density at radius 3 is 3.22 bits per heavy atom. The average molecular weight is 275 g/mol. The lowest BCUT2D eigenvalue weighted by molar-refractivity contribution is 0.170. The van der Waals surface area contributed by atoms with Gasteiger partial charge in [0.1, 0.15) is 0 Å². The first kappa shape index (κ1) is 13.8. The van der Waals surface area contributed by atoms with E-state index in [1.54, 1.807) is 13.3 Å². The summed E-state index contributed by atoms with van der Waals surface area (Å²) in [5.41, 5.74) is 3.75. The number of nitrogens with zero attached hydrogens (tertiary/aromatic N) is 2. The van der Waals surface area contributed by atoms with E-state index in [1.807, 2.05) is 4.68 Å². The monoisotopic (exact) mass is 274 g/mol. The second-order valence-electron chi connectivity index (χ2n) is 4.36. The number of nitrogens with one attached hydrogen (secondary N) is 1. The molecule has 2 heterocycles. The summed E-state index contributed by atoms with van der Waals surface area (Å²) in [5.74, 6) is 6.00. The van der Waals surface area contributed by atoms with E-state index in [-0.39, 0.29) is 6.04 Å². The van der Waals surface area contributed by atoms with Crippen LogP contribution in [-0.4, -0.2) is 36.7 Å². The van der Waals surface area contributed by atoms with Crippen molar-refractivity contribution in [2.45, 2.75) is 19.0 Å². The first-order chi connectivity index (χ1) is 8.77. The van der Waals surface area contributed by atoms with Crippen molar-refractivity contribution in [2.24, 2.45) is 11.8 Å². The molecule has 0 aliphatic carbocycles. The molecule has 1 saturated heterocycles. The highest BCUT2D eigenvalue weighted by Crippen LogP contribution is 2.32. The molecule has 0 spiro atoms. The van der Waals surface area contributed by atoms with Crippen molar-refractivity contribution in [1.82, 2.24) is 15.2 Å². The molecule has 7 heteroatoms. The Morgan fingerprint density at radius 2 is 2.61 bits per heavy atom. The molecule has 1 aliphatic heterocycles. The van der Waals surface area contributed by atoms with Crippen molar-refractivity contribution >= 4 is 11.6 Å². The normalized spacial score (nSPS) is 21.4. The van der Waals surface area contributed by atoms with Gasteiger partial charge in [-0.05, 0) is 6.42 Å². The van der Waals surface area contributed by atoms with Gasteiger partial charge in [-0.3, -0.25) is 16.0 Å². The second-order valence-corrected chi connectivity index (χ2v) is 4.77. The number of methoxy groups -OCH3 is 1. The zero-order chi connectivity index (χ0) is 13.0. The molecule has 2 unspecified atom stereocenters. The van der Waals surface area contributed by atoms with Crippen LogP contribution in [0.4, 0.5) is 0 Å². The van der Waals surface area contributed by atoms with Gasteiger partial charge in [-0.2, -0.15) is 5.10 Å². The Bertz CT molecular complexity index is 379. The van der Waals surface area contributed by atoms with Crippen LogP contribution in [-0.2, 0) is 16.0 Å². The zero-order valence-corrected chi connectivity index (χ0v) is 11.2. The molecule has 0 saturated carbocycles. The maximum Gasteiger partial charge on any atom is 0.0834 e. The summed E-state index contributed by atoms with van der Waals surface area (Å²) in [7, 11) is 1.66. The smallest absolute Gasteiger partial charge is 0.0834 e. The highest BCUT2D eigenvalue weighted by Gasteiger charge is 2.30. The van der Waals surface area contributed by atoms with E-state index in [4.69, 9.17) is 26.9 Å². The minimum atomic E-state index is -0.0423. The Kier molecular flexibility index (Phi) is 4.96. The van der Waals surface area contributed by atoms with Crippen LogP contribution in [0.15, 0.2) is 6.20 Å². The maximum atomic E-state index is 6.22. The molecule has 1 aromatic rings. The SMILES string of the molecule is COCCn1ncc(Cl)c1C(NN)C1CCOC1. The Balaban J connectivity index is 2.20. The van der Waals surface area contributed by atoms with Crippen molar-refractivity contribution in [3.05, 3.63) is 16.9 Å². The molecule has 102 valence electrons. The summed E-state index contributed by atoms with van der Waals surface area (Å²) in [4.78, 5) is 0. The van der Waals surface area contributed by atoms with Gasteiger partial charge in [0.25, 0.3) is 0 Å². The van der Waals surface area contributed by atoms with Gasteiger partial charge in [-0.1, -0.05) is 11.6 Å². The van der Waals surface area contributed by atoms with Crippen LogP contribution in [0.25, 0.3) is 0 Å². The molecule has 3 N–H and O–H groups in total. The molecule has 1 aliphatic rings. The third-order valence-electron chi connectivity index (χ3n) is 3.25. The van der Waals surface area contributed by atoms with Crippen LogP contribution in [0.5, 0.6) is 0 Å². The molecule has 0 bridgehead atoms. The number of nitrogens with two attached hydrogens (primary N) is 1. The number of halogens is 1. The summed E-state index contributed by atoms with van der Waals surface area (Å²) in [6.45, 7) is 2.71.